The van der Waals surface area contributed by atoms with Crippen LogP contribution in [-0.2, 0) is 9.53 Å². The number of nitrogens with zero attached hydrogens (tertiary/aromatic N) is 1. The molecule has 0 amide bonds. The standard InChI is InChI=1S/C6H10N2O4/c1-5(7)4-6(9)12-3-2-8(10)11/h7H,2-4H2,1H3. The lowest BCUT2D eigenvalue weighted by Crippen LogP contribution is -2.15. The molecule has 0 aliphatic rings. The minimum Gasteiger partial charge on any atom is -0.458 e. The summed E-state index contributed by atoms with van der Waals surface area (Å²) in [5, 5.41) is 16.7. The van der Waals surface area contributed by atoms with E-state index in [2.05, 4.69) is 4.74 Å². The number of nitrogens with one attached hydrogen (secondary N) is 1. The fourth-order valence-corrected chi connectivity index (χ4v) is 0.502. The van der Waals surface area contributed by atoms with Crippen LogP contribution in [0.5, 0.6) is 0 Å². The average molecular weight is 174 g/mol. The lowest BCUT2D eigenvalue weighted by molar-refractivity contribution is -0.482. The maximum atomic E-state index is 10.6. The lowest BCUT2D eigenvalue weighted by atomic mass is 10.3. The van der Waals surface area contributed by atoms with E-state index in [1.54, 1.807) is 0 Å². The van der Waals surface area contributed by atoms with Gasteiger partial charge in [-0.05, 0) is 6.92 Å². The summed E-state index contributed by atoms with van der Waals surface area (Å²) in [6.07, 6.45) is -0.0995. The summed E-state index contributed by atoms with van der Waals surface area (Å²) < 4.78 is 4.44. The molecule has 0 heterocycles. The first-order valence-corrected chi connectivity index (χ1v) is 3.34. The van der Waals surface area contributed by atoms with Crippen LogP contribution in [0.2, 0.25) is 0 Å². The van der Waals surface area contributed by atoms with Crippen LogP contribution in [0.3, 0.4) is 0 Å². The fourth-order valence-electron chi connectivity index (χ4n) is 0.502. The second kappa shape index (κ2) is 5.22. The number of ether oxygens (including phenoxy) is 1. The molecule has 0 aliphatic heterocycles. The highest BCUT2D eigenvalue weighted by atomic mass is 16.6. The molecule has 0 bridgehead atoms. The van der Waals surface area contributed by atoms with Crippen LogP contribution in [0.25, 0.3) is 0 Å². The maximum Gasteiger partial charge on any atom is 0.311 e. The van der Waals surface area contributed by atoms with Gasteiger partial charge in [-0.3, -0.25) is 14.9 Å². The van der Waals surface area contributed by atoms with Crippen LogP contribution < -0.4 is 0 Å². The van der Waals surface area contributed by atoms with Gasteiger partial charge in [-0.15, -0.1) is 0 Å². The Morgan fingerprint density at radius 1 is 1.67 bits per heavy atom. The van der Waals surface area contributed by atoms with Crippen LogP contribution in [0.4, 0.5) is 0 Å². The Morgan fingerprint density at radius 2 is 2.25 bits per heavy atom. The Labute approximate surface area is 69.2 Å². The highest BCUT2D eigenvalue weighted by Crippen LogP contribution is 1.87. The fraction of sp³-hybridized carbons (Fsp3) is 0.667. The van der Waals surface area contributed by atoms with Gasteiger partial charge in [-0.25, -0.2) is 0 Å². The number of hydrogen-bond donors (Lipinski definition) is 1. The molecular formula is C6H10N2O4. The van der Waals surface area contributed by atoms with Crippen molar-refractivity contribution in [1.82, 2.24) is 0 Å². The van der Waals surface area contributed by atoms with Crippen molar-refractivity contribution >= 4 is 11.7 Å². The van der Waals surface area contributed by atoms with Crippen molar-refractivity contribution < 1.29 is 14.5 Å². The van der Waals surface area contributed by atoms with Gasteiger partial charge in [0.2, 0.25) is 6.54 Å². The molecule has 0 radical (unpaired) electrons. The SMILES string of the molecule is CC(=N)CC(=O)OCC[N+](=O)[O-]. The van der Waals surface area contributed by atoms with Gasteiger partial charge >= 0.3 is 5.97 Å². The van der Waals surface area contributed by atoms with Crippen molar-refractivity contribution in [3.8, 4) is 0 Å². The molecule has 0 saturated heterocycles. The van der Waals surface area contributed by atoms with E-state index in [0.29, 0.717) is 0 Å². The first kappa shape index (κ1) is 10.5. The Kier molecular flexibility index (Phi) is 4.59. The van der Waals surface area contributed by atoms with Crippen molar-refractivity contribution in [3.63, 3.8) is 0 Å². The van der Waals surface area contributed by atoms with Gasteiger partial charge in [0.15, 0.2) is 6.61 Å². The molecule has 0 rings (SSSR count). The predicted octanol–water partition coefficient (Wildman–Crippen LogP) is 0.236. The zero-order chi connectivity index (χ0) is 9.56. The number of carbonyl (C=O) groups excluding carboxylic acids is 1. The average Bonchev–Trinajstić information content (AvgIpc) is 1.84. The first-order valence-electron chi connectivity index (χ1n) is 3.34. The van der Waals surface area contributed by atoms with Crippen molar-refractivity contribution in [3.05, 3.63) is 10.1 Å². The van der Waals surface area contributed by atoms with Gasteiger partial charge in [-0.2, -0.15) is 0 Å². The molecule has 0 unspecified atom stereocenters. The number of hydrogen-bond acceptors (Lipinski definition) is 5. The summed E-state index contributed by atoms with van der Waals surface area (Å²) in [4.78, 5) is 19.9. The van der Waals surface area contributed by atoms with E-state index >= 15 is 0 Å². The second-order valence-corrected chi connectivity index (χ2v) is 2.23. The minimum atomic E-state index is -0.593. The van der Waals surface area contributed by atoms with Crippen molar-refractivity contribution in [1.29, 1.82) is 5.41 Å². The summed E-state index contributed by atoms with van der Waals surface area (Å²) in [7, 11) is 0. The highest BCUT2D eigenvalue weighted by molar-refractivity contribution is 5.95. The summed E-state index contributed by atoms with van der Waals surface area (Å²) in [6.45, 7) is 0.858. The van der Waals surface area contributed by atoms with Crippen LogP contribution in [-0.4, -0.2) is 29.8 Å². The monoisotopic (exact) mass is 174 g/mol. The molecule has 0 atom stereocenters. The van der Waals surface area contributed by atoms with Crippen molar-refractivity contribution in [2.45, 2.75) is 13.3 Å². The summed E-state index contributed by atoms with van der Waals surface area (Å²) >= 11 is 0. The van der Waals surface area contributed by atoms with Crippen LogP contribution >= 0.6 is 0 Å². The zero-order valence-corrected chi connectivity index (χ0v) is 6.70. The summed E-state index contributed by atoms with van der Waals surface area (Å²) in [5.74, 6) is -0.593. The van der Waals surface area contributed by atoms with E-state index in [1.165, 1.54) is 6.92 Å². The Hall–Kier alpha value is -1.46. The van der Waals surface area contributed by atoms with Gasteiger partial charge in [0.05, 0.1) is 6.42 Å². The van der Waals surface area contributed by atoms with Gasteiger partial charge < -0.3 is 10.1 Å². The third-order valence-electron chi connectivity index (χ3n) is 0.946. The zero-order valence-electron chi connectivity index (χ0n) is 6.70. The minimum absolute atomic E-state index is 0.0995. The van der Waals surface area contributed by atoms with Crippen LogP contribution in [0.15, 0.2) is 0 Å². The predicted molar refractivity (Wildman–Crippen MR) is 40.8 cm³/mol. The third kappa shape index (κ3) is 6.66. The van der Waals surface area contributed by atoms with Crippen molar-refractivity contribution in [2.24, 2.45) is 0 Å². The summed E-state index contributed by atoms with van der Waals surface area (Å²) in [5.41, 5.74) is 0.182. The van der Waals surface area contributed by atoms with Gasteiger partial charge in [0.1, 0.15) is 0 Å². The van der Waals surface area contributed by atoms with E-state index in [4.69, 9.17) is 5.41 Å². The van der Waals surface area contributed by atoms with E-state index in [0.717, 1.165) is 0 Å². The van der Waals surface area contributed by atoms with E-state index in [9.17, 15) is 14.9 Å². The second-order valence-electron chi connectivity index (χ2n) is 2.23. The molecule has 0 aliphatic carbocycles. The molecular weight excluding hydrogens is 164 g/mol. The number of nitro groups is 1. The lowest BCUT2D eigenvalue weighted by Gasteiger charge is -1.99. The topological polar surface area (TPSA) is 93.3 Å². The Bertz CT molecular complexity index is 202. The number of carbonyl (C=O) groups is 1. The van der Waals surface area contributed by atoms with Crippen molar-refractivity contribution in [2.75, 3.05) is 13.2 Å². The molecule has 0 aromatic carbocycles. The van der Waals surface area contributed by atoms with Crippen LogP contribution in [0.1, 0.15) is 13.3 Å². The maximum absolute atomic E-state index is 10.6. The molecule has 0 fully saturated rings. The largest absolute Gasteiger partial charge is 0.458 e. The third-order valence-corrected chi connectivity index (χ3v) is 0.946. The molecule has 0 aromatic heterocycles. The Morgan fingerprint density at radius 3 is 2.67 bits per heavy atom. The highest BCUT2D eigenvalue weighted by Gasteiger charge is 2.05. The first-order chi connectivity index (χ1) is 5.52. The molecule has 0 spiro atoms. The molecule has 1 N–H and O–H groups in total. The van der Waals surface area contributed by atoms with Gasteiger partial charge in [-0.1, -0.05) is 0 Å². The normalized spacial score (nSPS) is 9.08. The number of esters is 1. The van der Waals surface area contributed by atoms with E-state index < -0.39 is 10.9 Å². The smallest absolute Gasteiger partial charge is 0.311 e. The molecule has 6 nitrogen and oxygen atoms in total. The summed E-state index contributed by atoms with van der Waals surface area (Å²) in [6, 6.07) is 0. The molecule has 68 valence electrons. The van der Waals surface area contributed by atoms with Crippen LogP contribution in [0, 0.1) is 15.5 Å². The molecule has 0 aromatic rings. The Balaban J connectivity index is 3.44. The molecule has 0 saturated carbocycles. The van der Waals surface area contributed by atoms with E-state index in [1.807, 2.05) is 0 Å². The quantitative estimate of drug-likeness (QED) is 0.279. The van der Waals surface area contributed by atoms with E-state index in [-0.39, 0.29) is 25.3 Å². The molecule has 6 heteroatoms. The molecule has 12 heavy (non-hydrogen) atoms. The number of rotatable bonds is 5. The van der Waals surface area contributed by atoms with Gasteiger partial charge in [0, 0.05) is 10.6 Å². The van der Waals surface area contributed by atoms with Gasteiger partial charge in [0.25, 0.3) is 0 Å².